The molecule has 0 saturated carbocycles. The Morgan fingerprint density at radius 3 is 3.00 bits per heavy atom. The van der Waals surface area contributed by atoms with Crippen LogP contribution in [0.25, 0.3) is 0 Å². The molecule has 0 aromatic heterocycles. The van der Waals surface area contributed by atoms with Crippen LogP contribution in [-0.4, -0.2) is 24.3 Å². The van der Waals surface area contributed by atoms with Gasteiger partial charge in [0.05, 0.1) is 0 Å². The van der Waals surface area contributed by atoms with Gasteiger partial charge in [-0.05, 0) is 43.4 Å². The van der Waals surface area contributed by atoms with Crippen molar-refractivity contribution in [1.82, 2.24) is 0 Å². The molecule has 0 amide bonds. The summed E-state index contributed by atoms with van der Waals surface area (Å²) in [6.07, 6.45) is 4.29. The monoisotopic (exact) mass is 268 g/mol. The summed E-state index contributed by atoms with van der Waals surface area (Å²) in [5.41, 5.74) is 8.12. The third kappa shape index (κ3) is 2.97. The number of aliphatic hydroxyl groups is 1. The van der Waals surface area contributed by atoms with E-state index in [0.29, 0.717) is 12.6 Å². The molecule has 1 aliphatic rings. The minimum atomic E-state index is 0.267. The minimum Gasteiger partial charge on any atom is -0.396 e. The van der Waals surface area contributed by atoms with Gasteiger partial charge in [0.25, 0.3) is 0 Å². The first-order chi connectivity index (χ1) is 8.76. The van der Waals surface area contributed by atoms with Crippen LogP contribution in [0.1, 0.15) is 31.2 Å². The van der Waals surface area contributed by atoms with Crippen LogP contribution in [0.3, 0.4) is 0 Å². The van der Waals surface area contributed by atoms with Gasteiger partial charge in [-0.25, -0.2) is 0 Å². The summed E-state index contributed by atoms with van der Waals surface area (Å²) in [5.74, 6) is 0. The highest BCUT2D eigenvalue weighted by Gasteiger charge is 2.25. The van der Waals surface area contributed by atoms with E-state index >= 15 is 0 Å². The smallest absolute Gasteiger partial charge is 0.0431 e. The molecule has 1 aliphatic heterocycles. The zero-order chi connectivity index (χ0) is 13.0. The van der Waals surface area contributed by atoms with Crippen molar-refractivity contribution in [2.45, 2.75) is 38.3 Å². The zero-order valence-electron chi connectivity index (χ0n) is 10.6. The molecule has 3 nitrogen and oxygen atoms in total. The van der Waals surface area contributed by atoms with Gasteiger partial charge >= 0.3 is 0 Å². The van der Waals surface area contributed by atoms with Crippen LogP contribution in [-0.2, 0) is 6.54 Å². The molecule has 1 saturated heterocycles. The number of hydrogen-bond donors (Lipinski definition) is 2. The van der Waals surface area contributed by atoms with Crippen LogP contribution in [0.4, 0.5) is 5.69 Å². The average Bonchev–Trinajstić information content (AvgIpc) is 2.84. The minimum absolute atomic E-state index is 0.267. The molecule has 0 radical (unpaired) electrons. The highest BCUT2D eigenvalue weighted by molar-refractivity contribution is 6.30. The number of rotatable bonds is 5. The third-order valence-electron chi connectivity index (χ3n) is 3.65. The van der Waals surface area contributed by atoms with E-state index in [9.17, 15) is 0 Å². The normalized spacial score (nSPS) is 19.5. The van der Waals surface area contributed by atoms with E-state index in [4.69, 9.17) is 22.4 Å². The van der Waals surface area contributed by atoms with E-state index in [1.54, 1.807) is 0 Å². The molecule has 18 heavy (non-hydrogen) atoms. The average molecular weight is 269 g/mol. The second kappa shape index (κ2) is 6.41. The maximum absolute atomic E-state index is 8.97. The second-order valence-corrected chi connectivity index (χ2v) is 5.27. The first-order valence-corrected chi connectivity index (χ1v) is 7.00. The van der Waals surface area contributed by atoms with Crippen molar-refractivity contribution in [2.75, 3.05) is 18.1 Å². The van der Waals surface area contributed by atoms with Crippen molar-refractivity contribution in [1.29, 1.82) is 0 Å². The Morgan fingerprint density at radius 2 is 2.28 bits per heavy atom. The Kier molecular flexibility index (Phi) is 4.87. The maximum atomic E-state index is 8.97. The quantitative estimate of drug-likeness (QED) is 0.863. The van der Waals surface area contributed by atoms with Gasteiger partial charge in [0, 0.05) is 36.4 Å². The predicted octanol–water partition coefficient (Wildman–Crippen LogP) is 2.54. The van der Waals surface area contributed by atoms with Crippen molar-refractivity contribution in [3.05, 3.63) is 28.8 Å². The summed E-state index contributed by atoms with van der Waals surface area (Å²) in [5, 5.41) is 9.73. The van der Waals surface area contributed by atoms with Crippen LogP contribution in [0, 0.1) is 0 Å². The van der Waals surface area contributed by atoms with Crippen molar-refractivity contribution in [3.63, 3.8) is 0 Å². The second-order valence-electron chi connectivity index (χ2n) is 4.83. The van der Waals surface area contributed by atoms with E-state index < -0.39 is 0 Å². The molecule has 1 aromatic carbocycles. The third-order valence-corrected chi connectivity index (χ3v) is 3.88. The number of aliphatic hydroxyl groups excluding tert-OH is 1. The highest BCUT2D eigenvalue weighted by Crippen LogP contribution is 2.32. The lowest BCUT2D eigenvalue weighted by molar-refractivity contribution is 0.279. The van der Waals surface area contributed by atoms with Gasteiger partial charge in [-0.2, -0.15) is 0 Å². The molecular weight excluding hydrogens is 248 g/mol. The van der Waals surface area contributed by atoms with E-state index in [2.05, 4.69) is 4.90 Å². The lowest BCUT2D eigenvalue weighted by Gasteiger charge is -2.29. The standard InChI is InChI=1S/C14H21ClN2O/c15-12-6-5-11(10-16)14(9-12)17-7-1-3-13(17)4-2-8-18/h5-6,9,13,18H,1-4,7-8,10,16H2. The van der Waals surface area contributed by atoms with Gasteiger partial charge in [0.2, 0.25) is 0 Å². The van der Waals surface area contributed by atoms with E-state index in [1.807, 2.05) is 18.2 Å². The number of benzene rings is 1. The Bertz CT molecular complexity index is 397. The number of halogens is 1. The van der Waals surface area contributed by atoms with Gasteiger partial charge in [-0.1, -0.05) is 17.7 Å². The molecule has 1 unspecified atom stereocenters. The van der Waals surface area contributed by atoms with E-state index in [1.165, 1.54) is 18.5 Å². The highest BCUT2D eigenvalue weighted by atomic mass is 35.5. The van der Waals surface area contributed by atoms with Crippen LogP contribution >= 0.6 is 11.6 Å². The number of nitrogens with zero attached hydrogens (tertiary/aromatic N) is 1. The SMILES string of the molecule is NCc1ccc(Cl)cc1N1CCCC1CCCO. The number of anilines is 1. The molecule has 4 heteroatoms. The summed E-state index contributed by atoms with van der Waals surface area (Å²) >= 11 is 6.10. The van der Waals surface area contributed by atoms with Crippen molar-refractivity contribution >= 4 is 17.3 Å². The molecule has 100 valence electrons. The summed E-state index contributed by atoms with van der Waals surface area (Å²) in [6.45, 7) is 1.86. The molecule has 1 atom stereocenters. The first kappa shape index (κ1) is 13.7. The van der Waals surface area contributed by atoms with Gasteiger partial charge < -0.3 is 15.7 Å². The van der Waals surface area contributed by atoms with Gasteiger partial charge in [-0.3, -0.25) is 0 Å². The van der Waals surface area contributed by atoms with Crippen molar-refractivity contribution < 1.29 is 5.11 Å². The molecule has 1 fully saturated rings. The molecule has 1 aromatic rings. The maximum Gasteiger partial charge on any atom is 0.0431 e. The Morgan fingerprint density at radius 1 is 1.44 bits per heavy atom. The first-order valence-electron chi connectivity index (χ1n) is 6.62. The Balaban J connectivity index is 2.20. The number of nitrogens with two attached hydrogens (primary N) is 1. The van der Waals surface area contributed by atoms with Crippen LogP contribution < -0.4 is 10.6 Å². The summed E-state index contributed by atoms with van der Waals surface area (Å²) < 4.78 is 0. The molecule has 1 heterocycles. The Labute approximate surface area is 114 Å². The lowest BCUT2D eigenvalue weighted by atomic mass is 10.1. The lowest BCUT2D eigenvalue weighted by Crippen LogP contribution is -2.30. The fourth-order valence-electron chi connectivity index (χ4n) is 2.76. The van der Waals surface area contributed by atoms with Crippen LogP contribution in [0.15, 0.2) is 18.2 Å². The topological polar surface area (TPSA) is 49.5 Å². The molecule has 3 N–H and O–H groups in total. The molecule has 0 bridgehead atoms. The van der Waals surface area contributed by atoms with Crippen molar-refractivity contribution in [3.8, 4) is 0 Å². The zero-order valence-corrected chi connectivity index (χ0v) is 11.4. The van der Waals surface area contributed by atoms with E-state index in [0.717, 1.165) is 30.0 Å². The fraction of sp³-hybridized carbons (Fsp3) is 0.571. The van der Waals surface area contributed by atoms with Gasteiger partial charge in [0.15, 0.2) is 0 Å². The molecule has 0 aliphatic carbocycles. The molecular formula is C14H21ClN2O. The van der Waals surface area contributed by atoms with Crippen LogP contribution in [0.5, 0.6) is 0 Å². The summed E-state index contributed by atoms with van der Waals surface area (Å²) in [4.78, 5) is 2.41. The van der Waals surface area contributed by atoms with Gasteiger partial charge in [-0.15, -0.1) is 0 Å². The molecule has 2 rings (SSSR count). The fourth-order valence-corrected chi connectivity index (χ4v) is 2.92. The largest absolute Gasteiger partial charge is 0.396 e. The van der Waals surface area contributed by atoms with Gasteiger partial charge in [0.1, 0.15) is 0 Å². The number of hydrogen-bond acceptors (Lipinski definition) is 3. The Hall–Kier alpha value is -0.770. The van der Waals surface area contributed by atoms with Crippen LogP contribution in [0.2, 0.25) is 5.02 Å². The molecule has 0 spiro atoms. The summed E-state index contributed by atoms with van der Waals surface area (Å²) in [6, 6.07) is 6.44. The summed E-state index contributed by atoms with van der Waals surface area (Å²) in [7, 11) is 0. The van der Waals surface area contributed by atoms with E-state index in [-0.39, 0.29) is 6.61 Å². The predicted molar refractivity (Wildman–Crippen MR) is 76.0 cm³/mol. The van der Waals surface area contributed by atoms with Crippen molar-refractivity contribution in [2.24, 2.45) is 5.73 Å².